The van der Waals surface area contributed by atoms with Gasteiger partial charge in [0.1, 0.15) is 35.2 Å². The minimum absolute atomic E-state index is 0.0503. The van der Waals surface area contributed by atoms with E-state index in [1.165, 1.54) is 4.90 Å². The van der Waals surface area contributed by atoms with E-state index in [0.29, 0.717) is 30.0 Å². The number of aliphatic hydroxyl groups is 1. The van der Waals surface area contributed by atoms with E-state index in [1.807, 2.05) is 43.3 Å². The first-order chi connectivity index (χ1) is 15.9. The fourth-order valence-electron chi connectivity index (χ4n) is 4.63. The first-order valence-corrected chi connectivity index (χ1v) is 11.1. The lowest BCUT2D eigenvalue weighted by molar-refractivity contribution is -0.140. The molecule has 3 heterocycles. The number of nitrogens with zero attached hydrogens (tertiary/aromatic N) is 1. The van der Waals surface area contributed by atoms with Gasteiger partial charge < -0.3 is 19.2 Å². The van der Waals surface area contributed by atoms with Crippen LogP contribution in [0.5, 0.6) is 5.75 Å². The molecule has 33 heavy (non-hydrogen) atoms. The van der Waals surface area contributed by atoms with Gasteiger partial charge in [0, 0.05) is 18.5 Å². The van der Waals surface area contributed by atoms with Gasteiger partial charge in [-0.15, -0.1) is 0 Å². The van der Waals surface area contributed by atoms with Gasteiger partial charge >= 0.3 is 0 Å². The number of ketones is 1. The predicted molar refractivity (Wildman–Crippen MR) is 123 cm³/mol. The largest absolute Gasteiger partial charge is 0.507 e. The van der Waals surface area contributed by atoms with Crippen LogP contribution >= 0.6 is 0 Å². The van der Waals surface area contributed by atoms with E-state index in [0.717, 1.165) is 23.3 Å². The maximum atomic E-state index is 13.1. The number of rotatable bonds is 5. The molecule has 2 aromatic carbocycles. The van der Waals surface area contributed by atoms with Crippen LogP contribution in [0.3, 0.4) is 0 Å². The summed E-state index contributed by atoms with van der Waals surface area (Å²) in [6.45, 7) is 4.11. The Hall–Kier alpha value is -3.80. The van der Waals surface area contributed by atoms with E-state index >= 15 is 0 Å². The van der Waals surface area contributed by atoms with Crippen LogP contribution in [0.4, 0.5) is 0 Å². The molecule has 1 aromatic heterocycles. The number of fused-ring (bicyclic) bond motifs is 1. The lowest BCUT2D eigenvalue weighted by Gasteiger charge is -2.23. The van der Waals surface area contributed by atoms with E-state index in [1.54, 1.807) is 31.2 Å². The van der Waals surface area contributed by atoms with Crippen molar-refractivity contribution in [2.45, 2.75) is 38.8 Å². The van der Waals surface area contributed by atoms with E-state index in [9.17, 15) is 14.7 Å². The van der Waals surface area contributed by atoms with Crippen molar-refractivity contribution in [2.24, 2.45) is 0 Å². The highest BCUT2D eigenvalue weighted by Crippen LogP contribution is 2.41. The summed E-state index contributed by atoms with van der Waals surface area (Å²) in [6.07, 6.45) is 1.37. The first kappa shape index (κ1) is 21.1. The molecule has 0 saturated carbocycles. The van der Waals surface area contributed by atoms with Crippen LogP contribution in [-0.4, -0.2) is 34.3 Å². The number of likely N-dealkylation sites (tertiary alicyclic amines) is 1. The molecule has 0 unspecified atom stereocenters. The predicted octanol–water partition coefficient (Wildman–Crippen LogP) is 4.58. The van der Waals surface area contributed by atoms with Crippen LogP contribution in [0.2, 0.25) is 0 Å². The van der Waals surface area contributed by atoms with Gasteiger partial charge in [-0.1, -0.05) is 30.3 Å². The lowest BCUT2D eigenvalue weighted by Crippen LogP contribution is -2.31. The molecule has 3 aromatic rings. The summed E-state index contributed by atoms with van der Waals surface area (Å²) < 4.78 is 11.6. The summed E-state index contributed by atoms with van der Waals surface area (Å²) in [7, 11) is 0. The molecule has 0 aliphatic carbocycles. The maximum Gasteiger partial charge on any atom is 0.295 e. The zero-order valence-electron chi connectivity index (χ0n) is 18.6. The Morgan fingerprint density at radius 2 is 1.88 bits per heavy atom. The molecule has 6 heteroatoms. The number of amides is 1. The quantitative estimate of drug-likeness (QED) is 0.355. The highest BCUT2D eigenvalue weighted by molar-refractivity contribution is 6.46. The van der Waals surface area contributed by atoms with Gasteiger partial charge in [-0.25, -0.2) is 0 Å². The zero-order valence-corrected chi connectivity index (χ0v) is 18.6. The molecule has 2 aliphatic heterocycles. The second kappa shape index (κ2) is 8.28. The summed E-state index contributed by atoms with van der Waals surface area (Å²) in [5.41, 5.74) is 2.56. The molecule has 1 N–H and O–H groups in total. The van der Waals surface area contributed by atoms with E-state index in [2.05, 4.69) is 0 Å². The number of benzene rings is 2. The Bertz CT molecular complexity index is 1260. The summed E-state index contributed by atoms with van der Waals surface area (Å²) in [5.74, 6) is 0.369. The number of furan rings is 1. The molecule has 2 aliphatic rings. The van der Waals surface area contributed by atoms with Crippen LogP contribution in [0.15, 0.2) is 70.7 Å². The monoisotopic (exact) mass is 443 g/mol. The zero-order chi connectivity index (χ0) is 23.1. The summed E-state index contributed by atoms with van der Waals surface area (Å²) in [6, 6.07) is 17.9. The van der Waals surface area contributed by atoms with Gasteiger partial charge in [0.05, 0.1) is 5.57 Å². The molecule has 0 radical (unpaired) electrons. The number of carbonyl (C=O) groups is 2. The normalized spacial score (nSPS) is 21.3. The van der Waals surface area contributed by atoms with Crippen molar-refractivity contribution >= 4 is 17.4 Å². The number of aliphatic hydroxyl groups excluding tert-OH is 1. The fraction of sp³-hybridized carbons (Fsp3) is 0.259. The molecular weight excluding hydrogens is 418 g/mol. The lowest BCUT2D eigenvalue weighted by atomic mass is 9.97. The average molecular weight is 443 g/mol. The van der Waals surface area contributed by atoms with Gasteiger partial charge in [0.15, 0.2) is 0 Å². The maximum absolute atomic E-state index is 13.1. The highest BCUT2D eigenvalue weighted by atomic mass is 16.5. The molecular formula is C27H25NO5. The van der Waals surface area contributed by atoms with Gasteiger partial charge in [-0.05, 0) is 61.7 Å². The van der Waals surface area contributed by atoms with Crippen molar-refractivity contribution in [3.8, 4) is 5.75 Å². The van der Waals surface area contributed by atoms with Gasteiger partial charge in [-0.3, -0.25) is 9.59 Å². The van der Waals surface area contributed by atoms with Crippen molar-refractivity contribution < 1.29 is 23.8 Å². The standard InChI is InChI=1S/C27H25NO5/c1-16-8-10-22(32-16)24-23(25(29)19-9-11-21-20(15-19)14-17(2)33-21)26(30)27(31)28(24)13-12-18-6-4-3-5-7-18/h3-11,15,17,24,29H,12-14H2,1-2H3/t17-,24-/m1/s1. The van der Waals surface area contributed by atoms with Crippen LogP contribution in [-0.2, 0) is 22.4 Å². The van der Waals surface area contributed by atoms with Crippen LogP contribution in [0.1, 0.15) is 41.2 Å². The number of aryl methyl sites for hydroxylation is 1. The third-order valence-electron chi connectivity index (χ3n) is 6.22. The van der Waals surface area contributed by atoms with Crippen molar-refractivity contribution in [2.75, 3.05) is 6.54 Å². The van der Waals surface area contributed by atoms with Gasteiger partial charge in [0.25, 0.3) is 11.7 Å². The van der Waals surface area contributed by atoms with Gasteiger partial charge in [-0.2, -0.15) is 0 Å². The minimum atomic E-state index is -0.786. The Balaban J connectivity index is 1.55. The molecule has 1 saturated heterocycles. The smallest absolute Gasteiger partial charge is 0.295 e. The minimum Gasteiger partial charge on any atom is -0.507 e. The summed E-state index contributed by atoms with van der Waals surface area (Å²) in [4.78, 5) is 27.7. The van der Waals surface area contributed by atoms with Crippen molar-refractivity contribution in [3.63, 3.8) is 0 Å². The number of carbonyl (C=O) groups excluding carboxylic acids is 2. The second-order valence-corrected chi connectivity index (χ2v) is 8.63. The fourth-order valence-corrected chi connectivity index (χ4v) is 4.63. The molecule has 168 valence electrons. The molecule has 0 bridgehead atoms. The Morgan fingerprint density at radius 1 is 1.09 bits per heavy atom. The van der Waals surface area contributed by atoms with E-state index < -0.39 is 17.7 Å². The van der Waals surface area contributed by atoms with Crippen molar-refractivity contribution in [1.29, 1.82) is 0 Å². The number of Topliss-reactive ketones (excluding diaryl/α,β-unsaturated/α-hetero) is 1. The number of ether oxygens (including phenoxy) is 1. The van der Waals surface area contributed by atoms with E-state index in [4.69, 9.17) is 9.15 Å². The van der Waals surface area contributed by atoms with Crippen LogP contribution in [0.25, 0.3) is 5.76 Å². The number of hydrogen-bond donors (Lipinski definition) is 1. The summed E-state index contributed by atoms with van der Waals surface area (Å²) in [5, 5.41) is 11.2. The van der Waals surface area contributed by atoms with Crippen LogP contribution < -0.4 is 4.74 Å². The Labute approximate surface area is 192 Å². The molecule has 6 nitrogen and oxygen atoms in total. The molecule has 2 atom stereocenters. The molecule has 0 spiro atoms. The second-order valence-electron chi connectivity index (χ2n) is 8.63. The molecule has 1 fully saturated rings. The van der Waals surface area contributed by atoms with Crippen molar-refractivity contribution in [3.05, 3.63) is 94.4 Å². The number of hydrogen-bond acceptors (Lipinski definition) is 5. The first-order valence-electron chi connectivity index (χ1n) is 11.1. The molecule has 5 rings (SSSR count). The third kappa shape index (κ3) is 3.82. The Kier molecular flexibility index (Phi) is 5.29. The SMILES string of the molecule is Cc1ccc([C@@H]2C(=C(O)c3ccc4c(c3)C[C@@H](C)O4)C(=O)C(=O)N2CCc2ccccc2)o1. The average Bonchev–Trinajstić information content (AvgIpc) is 3.47. The Morgan fingerprint density at radius 3 is 2.61 bits per heavy atom. The summed E-state index contributed by atoms with van der Waals surface area (Å²) >= 11 is 0. The topological polar surface area (TPSA) is 80.0 Å². The van der Waals surface area contributed by atoms with Crippen molar-refractivity contribution in [1.82, 2.24) is 4.90 Å². The molecule has 1 amide bonds. The van der Waals surface area contributed by atoms with Crippen LogP contribution in [0, 0.1) is 6.92 Å². The highest BCUT2D eigenvalue weighted by Gasteiger charge is 2.47. The van der Waals surface area contributed by atoms with E-state index in [-0.39, 0.29) is 17.4 Å². The van der Waals surface area contributed by atoms with Gasteiger partial charge in [0.2, 0.25) is 0 Å². The third-order valence-corrected chi connectivity index (χ3v) is 6.22.